The number of ether oxygens (including phenoxy) is 1. The van der Waals surface area contributed by atoms with Crippen LogP contribution >= 0.6 is 15.9 Å². The lowest BCUT2D eigenvalue weighted by Gasteiger charge is -2.08. The van der Waals surface area contributed by atoms with Crippen LogP contribution in [0, 0.1) is 0 Å². The lowest BCUT2D eigenvalue weighted by molar-refractivity contribution is 0.308. The maximum Gasteiger partial charge on any atom is 0.417 e. The molecule has 20 heavy (non-hydrogen) atoms. The van der Waals surface area contributed by atoms with Gasteiger partial charge in [0.05, 0.1) is 11.2 Å². The van der Waals surface area contributed by atoms with Crippen LogP contribution in [0.15, 0.2) is 50.1 Å². The number of hydrogen-bond acceptors (Lipinski definition) is 4. The van der Waals surface area contributed by atoms with Crippen molar-refractivity contribution in [3.63, 3.8) is 0 Å². The lowest BCUT2D eigenvalue weighted by atomic mass is 10.2. The average molecular weight is 335 g/mol. The molecule has 3 N–H and O–H groups in total. The lowest BCUT2D eigenvalue weighted by Crippen LogP contribution is -1.98. The van der Waals surface area contributed by atoms with Crippen LogP contribution < -0.4 is 16.2 Å². The van der Waals surface area contributed by atoms with E-state index in [1.165, 1.54) is 0 Å². The van der Waals surface area contributed by atoms with Gasteiger partial charge >= 0.3 is 5.76 Å². The third-order valence-corrected chi connectivity index (χ3v) is 3.39. The predicted molar refractivity (Wildman–Crippen MR) is 79.7 cm³/mol. The van der Waals surface area contributed by atoms with Crippen LogP contribution in [0.1, 0.15) is 5.56 Å². The van der Waals surface area contributed by atoms with Gasteiger partial charge in [0, 0.05) is 16.6 Å². The fourth-order valence-corrected chi connectivity index (χ4v) is 2.12. The average Bonchev–Trinajstić information content (AvgIpc) is 2.77. The van der Waals surface area contributed by atoms with E-state index in [2.05, 4.69) is 20.9 Å². The number of anilines is 1. The molecule has 102 valence electrons. The van der Waals surface area contributed by atoms with Crippen LogP contribution in [0.2, 0.25) is 0 Å². The minimum Gasteiger partial charge on any atom is -0.487 e. The smallest absolute Gasteiger partial charge is 0.417 e. The van der Waals surface area contributed by atoms with E-state index in [1.54, 1.807) is 12.1 Å². The van der Waals surface area contributed by atoms with E-state index in [-0.39, 0.29) is 0 Å². The minimum absolute atomic E-state index is 0.394. The van der Waals surface area contributed by atoms with Crippen LogP contribution in [0.4, 0.5) is 5.69 Å². The van der Waals surface area contributed by atoms with Gasteiger partial charge < -0.3 is 14.9 Å². The number of nitrogens with two attached hydrogens (primary N) is 1. The first-order valence-electron chi connectivity index (χ1n) is 5.91. The van der Waals surface area contributed by atoms with E-state index < -0.39 is 5.76 Å². The van der Waals surface area contributed by atoms with Crippen molar-refractivity contribution in [1.82, 2.24) is 4.98 Å². The molecule has 0 amide bonds. The number of benzene rings is 2. The number of nitrogen functional groups attached to an aromatic ring is 1. The molecule has 0 bridgehead atoms. The quantitative estimate of drug-likeness (QED) is 0.721. The molecule has 0 radical (unpaired) electrons. The number of H-pyrrole nitrogens is 1. The summed E-state index contributed by atoms with van der Waals surface area (Å²) in [6.07, 6.45) is 0. The topological polar surface area (TPSA) is 81.2 Å². The summed E-state index contributed by atoms with van der Waals surface area (Å²) in [6, 6.07) is 11.0. The van der Waals surface area contributed by atoms with Crippen LogP contribution in [-0.2, 0) is 6.61 Å². The molecule has 0 saturated carbocycles. The molecule has 3 rings (SSSR count). The number of fused-ring (bicyclic) bond motifs is 1. The van der Waals surface area contributed by atoms with Gasteiger partial charge in [-0.2, -0.15) is 0 Å². The van der Waals surface area contributed by atoms with E-state index in [0.717, 1.165) is 10.0 Å². The Morgan fingerprint density at radius 3 is 2.75 bits per heavy atom. The zero-order chi connectivity index (χ0) is 14.1. The number of aromatic nitrogens is 1. The van der Waals surface area contributed by atoms with Gasteiger partial charge in [0.15, 0.2) is 5.58 Å². The first-order chi connectivity index (χ1) is 9.61. The van der Waals surface area contributed by atoms with Gasteiger partial charge in [0.1, 0.15) is 12.4 Å². The van der Waals surface area contributed by atoms with Crippen LogP contribution in [0.5, 0.6) is 5.75 Å². The SMILES string of the molecule is Nc1cc2oc(=O)[nH]c2cc1OCc1ccc(Br)cc1. The number of rotatable bonds is 3. The number of aromatic amines is 1. The predicted octanol–water partition coefficient (Wildman–Crippen LogP) is 3.04. The van der Waals surface area contributed by atoms with E-state index in [1.807, 2.05) is 24.3 Å². The fourth-order valence-electron chi connectivity index (χ4n) is 1.86. The van der Waals surface area contributed by atoms with Crippen molar-refractivity contribution in [2.75, 3.05) is 5.73 Å². The second kappa shape index (κ2) is 5.05. The maximum atomic E-state index is 11.1. The number of oxazole rings is 1. The van der Waals surface area contributed by atoms with Crippen molar-refractivity contribution in [3.05, 3.63) is 57.0 Å². The van der Waals surface area contributed by atoms with Crippen molar-refractivity contribution < 1.29 is 9.15 Å². The van der Waals surface area contributed by atoms with Crippen molar-refractivity contribution in [2.45, 2.75) is 6.61 Å². The molecule has 1 aromatic heterocycles. The van der Waals surface area contributed by atoms with Crippen LogP contribution in [0.25, 0.3) is 11.1 Å². The molecule has 0 aliphatic rings. The highest BCUT2D eigenvalue weighted by Crippen LogP contribution is 2.27. The van der Waals surface area contributed by atoms with Crippen molar-refractivity contribution in [2.24, 2.45) is 0 Å². The van der Waals surface area contributed by atoms with Gasteiger partial charge in [-0.15, -0.1) is 0 Å². The van der Waals surface area contributed by atoms with E-state index in [9.17, 15) is 4.79 Å². The standard InChI is InChI=1S/C14H11BrN2O3/c15-9-3-1-8(2-4-9)7-19-12-6-11-13(5-10(12)16)20-14(18)17-11/h1-6H,7,16H2,(H,17,18). The Morgan fingerprint density at radius 1 is 1.25 bits per heavy atom. The Kier molecular flexibility index (Phi) is 3.23. The molecule has 0 aliphatic heterocycles. The first kappa shape index (κ1) is 12.8. The molecule has 6 heteroatoms. The summed E-state index contributed by atoms with van der Waals surface area (Å²) in [5, 5.41) is 0. The maximum absolute atomic E-state index is 11.1. The number of halogens is 1. The van der Waals surface area contributed by atoms with Gasteiger partial charge in [0.2, 0.25) is 0 Å². The second-order valence-corrected chi connectivity index (χ2v) is 5.23. The molecule has 5 nitrogen and oxygen atoms in total. The third-order valence-electron chi connectivity index (χ3n) is 2.86. The molecule has 0 spiro atoms. The highest BCUT2D eigenvalue weighted by Gasteiger charge is 2.08. The van der Waals surface area contributed by atoms with Gasteiger partial charge in [-0.05, 0) is 17.7 Å². The summed E-state index contributed by atoms with van der Waals surface area (Å²) in [7, 11) is 0. The molecular formula is C14H11BrN2O3. The Hall–Kier alpha value is -2.21. The summed E-state index contributed by atoms with van der Waals surface area (Å²) in [6.45, 7) is 0.394. The molecule has 1 heterocycles. The third kappa shape index (κ3) is 2.55. The summed E-state index contributed by atoms with van der Waals surface area (Å²) in [5.41, 5.74) is 8.31. The number of nitrogens with one attached hydrogen (secondary N) is 1. The minimum atomic E-state index is -0.510. The van der Waals surface area contributed by atoms with Gasteiger partial charge in [0.25, 0.3) is 0 Å². The highest BCUT2D eigenvalue weighted by molar-refractivity contribution is 9.10. The van der Waals surface area contributed by atoms with Crippen molar-refractivity contribution >= 4 is 32.7 Å². The zero-order valence-corrected chi connectivity index (χ0v) is 11.9. The second-order valence-electron chi connectivity index (χ2n) is 4.32. The van der Waals surface area contributed by atoms with E-state index in [4.69, 9.17) is 14.9 Å². The Morgan fingerprint density at radius 2 is 2.00 bits per heavy atom. The van der Waals surface area contributed by atoms with E-state index >= 15 is 0 Å². The monoisotopic (exact) mass is 334 g/mol. The first-order valence-corrected chi connectivity index (χ1v) is 6.71. The van der Waals surface area contributed by atoms with Crippen molar-refractivity contribution in [1.29, 1.82) is 0 Å². The van der Waals surface area contributed by atoms with Gasteiger partial charge in [-0.25, -0.2) is 4.79 Å². The summed E-state index contributed by atoms with van der Waals surface area (Å²) >= 11 is 3.38. The molecule has 0 aliphatic carbocycles. The zero-order valence-electron chi connectivity index (χ0n) is 10.4. The number of hydrogen-bond donors (Lipinski definition) is 2. The molecule has 0 atom stereocenters. The fraction of sp³-hybridized carbons (Fsp3) is 0.0714. The van der Waals surface area contributed by atoms with E-state index in [0.29, 0.717) is 29.1 Å². The molecule has 0 saturated heterocycles. The van der Waals surface area contributed by atoms with Gasteiger partial charge in [-0.3, -0.25) is 4.98 Å². The molecule has 3 aromatic rings. The highest BCUT2D eigenvalue weighted by atomic mass is 79.9. The molecule has 0 unspecified atom stereocenters. The van der Waals surface area contributed by atoms with Gasteiger partial charge in [-0.1, -0.05) is 28.1 Å². The summed E-state index contributed by atoms with van der Waals surface area (Å²) < 4.78 is 11.6. The van der Waals surface area contributed by atoms with Crippen molar-refractivity contribution in [3.8, 4) is 5.75 Å². The Labute approximate surface area is 122 Å². The van der Waals surface area contributed by atoms with Crippen LogP contribution in [0.3, 0.4) is 0 Å². The summed E-state index contributed by atoms with van der Waals surface area (Å²) in [5.74, 6) is 0.00179. The molecule has 0 fully saturated rings. The molecular weight excluding hydrogens is 324 g/mol. The normalized spacial score (nSPS) is 10.8. The van der Waals surface area contributed by atoms with Crippen LogP contribution in [-0.4, -0.2) is 4.98 Å². The summed E-state index contributed by atoms with van der Waals surface area (Å²) in [4.78, 5) is 13.7. The largest absolute Gasteiger partial charge is 0.487 e. The Balaban J connectivity index is 1.84. The Bertz CT molecular complexity index is 805. The molecule has 2 aromatic carbocycles.